The van der Waals surface area contributed by atoms with Gasteiger partial charge in [0.1, 0.15) is 11.9 Å². The third-order valence-electron chi connectivity index (χ3n) is 4.58. The van der Waals surface area contributed by atoms with Crippen molar-refractivity contribution in [3.8, 4) is 5.75 Å². The third kappa shape index (κ3) is 3.43. The Morgan fingerprint density at radius 2 is 2.23 bits per heavy atom. The molecule has 0 radical (unpaired) electrons. The van der Waals surface area contributed by atoms with E-state index in [0.717, 1.165) is 36.0 Å². The summed E-state index contributed by atoms with van der Waals surface area (Å²) < 4.78 is 6.32. The molecule has 0 spiro atoms. The minimum Gasteiger partial charge on any atom is -0.490 e. The average Bonchev–Trinajstić information content (AvgIpc) is 2.98. The van der Waals surface area contributed by atoms with E-state index in [9.17, 15) is 0 Å². The zero-order chi connectivity index (χ0) is 15.5. The molecular weight excluding hydrogens is 274 g/mol. The van der Waals surface area contributed by atoms with Gasteiger partial charge in [-0.3, -0.25) is 5.10 Å². The van der Waals surface area contributed by atoms with Crippen molar-refractivity contribution in [2.75, 3.05) is 6.54 Å². The van der Waals surface area contributed by atoms with Crippen molar-refractivity contribution in [3.63, 3.8) is 0 Å². The van der Waals surface area contributed by atoms with Crippen LogP contribution in [0.4, 0.5) is 0 Å². The van der Waals surface area contributed by atoms with Gasteiger partial charge in [0.05, 0.1) is 11.7 Å². The van der Waals surface area contributed by atoms with Crippen molar-refractivity contribution in [1.29, 1.82) is 0 Å². The Morgan fingerprint density at radius 3 is 3.05 bits per heavy atom. The molecule has 1 aromatic carbocycles. The van der Waals surface area contributed by atoms with Gasteiger partial charge in [0.25, 0.3) is 0 Å². The lowest BCUT2D eigenvalue weighted by molar-refractivity contribution is 0.133. The molecule has 1 aliphatic rings. The number of aryl methyl sites for hydroxylation is 1. The quantitative estimate of drug-likeness (QED) is 0.883. The SMILES string of the molecule is Cc1c(O[C@@H]2CCC[C@H](NCC(C)C)C2)ccc2[nH]ncc12. The molecular formula is C18H27N3O. The van der Waals surface area contributed by atoms with Crippen molar-refractivity contribution in [2.24, 2.45) is 5.92 Å². The fourth-order valence-electron chi connectivity index (χ4n) is 3.29. The molecule has 120 valence electrons. The Balaban J connectivity index is 1.65. The van der Waals surface area contributed by atoms with Gasteiger partial charge in [-0.15, -0.1) is 0 Å². The molecule has 4 heteroatoms. The number of rotatable bonds is 5. The van der Waals surface area contributed by atoms with Gasteiger partial charge in [0, 0.05) is 17.0 Å². The lowest BCUT2D eigenvalue weighted by Gasteiger charge is -2.31. The molecule has 1 aromatic heterocycles. The first-order valence-corrected chi connectivity index (χ1v) is 8.46. The van der Waals surface area contributed by atoms with Crippen LogP contribution in [0.2, 0.25) is 0 Å². The van der Waals surface area contributed by atoms with Crippen molar-refractivity contribution in [1.82, 2.24) is 15.5 Å². The summed E-state index contributed by atoms with van der Waals surface area (Å²) in [5.74, 6) is 1.70. The van der Waals surface area contributed by atoms with Crippen LogP contribution < -0.4 is 10.1 Å². The zero-order valence-corrected chi connectivity index (χ0v) is 13.9. The molecule has 2 N–H and O–H groups in total. The van der Waals surface area contributed by atoms with Gasteiger partial charge in [0.2, 0.25) is 0 Å². The minimum absolute atomic E-state index is 0.321. The molecule has 3 rings (SSSR count). The molecule has 1 aliphatic carbocycles. The summed E-state index contributed by atoms with van der Waals surface area (Å²) in [7, 11) is 0. The standard InChI is InChI=1S/C18H27N3O/c1-12(2)10-19-14-5-4-6-15(9-14)22-18-8-7-17-16(13(18)3)11-20-21-17/h7-8,11-12,14-15,19H,4-6,9-10H2,1-3H3,(H,20,21)/t14-,15+/m0/s1. The van der Waals surface area contributed by atoms with Gasteiger partial charge in [-0.05, 0) is 57.2 Å². The van der Waals surface area contributed by atoms with Crippen LogP contribution in [-0.2, 0) is 0 Å². The second-order valence-corrected chi connectivity index (χ2v) is 6.93. The maximum absolute atomic E-state index is 6.32. The molecule has 1 saturated carbocycles. The van der Waals surface area contributed by atoms with E-state index in [-0.39, 0.29) is 0 Å². The Morgan fingerprint density at radius 1 is 1.36 bits per heavy atom. The molecule has 1 fully saturated rings. The van der Waals surface area contributed by atoms with Gasteiger partial charge in [-0.2, -0.15) is 5.10 Å². The highest BCUT2D eigenvalue weighted by atomic mass is 16.5. The highest BCUT2D eigenvalue weighted by molar-refractivity contribution is 5.83. The molecule has 0 saturated heterocycles. The Bertz CT molecular complexity index is 620. The van der Waals surface area contributed by atoms with Gasteiger partial charge in [-0.25, -0.2) is 0 Å². The van der Waals surface area contributed by atoms with Crippen LogP contribution in [-0.4, -0.2) is 28.9 Å². The van der Waals surface area contributed by atoms with Crippen LogP contribution in [0, 0.1) is 12.8 Å². The number of hydrogen-bond acceptors (Lipinski definition) is 3. The van der Waals surface area contributed by atoms with E-state index in [2.05, 4.69) is 48.4 Å². The highest BCUT2D eigenvalue weighted by Gasteiger charge is 2.23. The normalized spacial score (nSPS) is 22.4. The van der Waals surface area contributed by atoms with Gasteiger partial charge in [-0.1, -0.05) is 13.8 Å². The fourth-order valence-corrected chi connectivity index (χ4v) is 3.29. The minimum atomic E-state index is 0.321. The average molecular weight is 301 g/mol. The summed E-state index contributed by atoms with van der Waals surface area (Å²) in [4.78, 5) is 0. The van der Waals surface area contributed by atoms with Crippen LogP contribution in [0.1, 0.15) is 45.1 Å². The molecule has 4 nitrogen and oxygen atoms in total. The number of aromatic nitrogens is 2. The van der Waals surface area contributed by atoms with Crippen LogP contribution in [0.3, 0.4) is 0 Å². The van der Waals surface area contributed by atoms with Crippen molar-refractivity contribution in [3.05, 3.63) is 23.9 Å². The van der Waals surface area contributed by atoms with E-state index in [1.165, 1.54) is 18.4 Å². The maximum Gasteiger partial charge on any atom is 0.123 e. The topological polar surface area (TPSA) is 49.9 Å². The number of fused-ring (bicyclic) bond motifs is 1. The van der Waals surface area contributed by atoms with Gasteiger partial charge in [0.15, 0.2) is 0 Å². The number of ether oxygens (including phenoxy) is 1. The lowest BCUT2D eigenvalue weighted by atomic mass is 9.92. The summed E-state index contributed by atoms with van der Waals surface area (Å²) in [6.07, 6.45) is 6.98. The van der Waals surface area contributed by atoms with E-state index in [1.807, 2.05) is 6.20 Å². The summed E-state index contributed by atoms with van der Waals surface area (Å²) in [5, 5.41) is 12.0. The summed E-state index contributed by atoms with van der Waals surface area (Å²) >= 11 is 0. The Labute approximate surface area is 132 Å². The number of aromatic amines is 1. The van der Waals surface area contributed by atoms with Crippen molar-refractivity contribution < 1.29 is 4.74 Å². The smallest absolute Gasteiger partial charge is 0.123 e. The molecule has 22 heavy (non-hydrogen) atoms. The van der Waals surface area contributed by atoms with E-state index in [4.69, 9.17) is 4.74 Å². The highest BCUT2D eigenvalue weighted by Crippen LogP contribution is 2.30. The molecule has 0 bridgehead atoms. The summed E-state index contributed by atoms with van der Waals surface area (Å²) in [6.45, 7) is 7.72. The van der Waals surface area contributed by atoms with Crippen LogP contribution in [0.15, 0.2) is 18.3 Å². The molecule has 2 atom stereocenters. The van der Waals surface area contributed by atoms with Crippen molar-refractivity contribution >= 4 is 10.9 Å². The van der Waals surface area contributed by atoms with Crippen LogP contribution >= 0.6 is 0 Å². The number of benzene rings is 1. The fraction of sp³-hybridized carbons (Fsp3) is 0.611. The number of nitrogens with zero attached hydrogens (tertiary/aromatic N) is 1. The first-order valence-electron chi connectivity index (χ1n) is 8.46. The Kier molecular flexibility index (Phi) is 4.67. The predicted molar refractivity (Wildman–Crippen MR) is 90.3 cm³/mol. The maximum atomic E-state index is 6.32. The number of H-pyrrole nitrogens is 1. The predicted octanol–water partition coefficient (Wildman–Crippen LogP) is 3.81. The Hall–Kier alpha value is -1.55. The second-order valence-electron chi connectivity index (χ2n) is 6.93. The van der Waals surface area contributed by atoms with E-state index < -0.39 is 0 Å². The van der Waals surface area contributed by atoms with Crippen molar-refractivity contribution in [2.45, 2.75) is 58.6 Å². The number of nitrogens with one attached hydrogen (secondary N) is 2. The van der Waals surface area contributed by atoms with E-state index in [0.29, 0.717) is 18.1 Å². The van der Waals surface area contributed by atoms with E-state index in [1.54, 1.807) is 0 Å². The first kappa shape index (κ1) is 15.3. The van der Waals surface area contributed by atoms with E-state index >= 15 is 0 Å². The molecule has 0 amide bonds. The summed E-state index contributed by atoms with van der Waals surface area (Å²) in [5.41, 5.74) is 2.26. The third-order valence-corrected chi connectivity index (χ3v) is 4.58. The van der Waals surface area contributed by atoms with Gasteiger partial charge >= 0.3 is 0 Å². The van der Waals surface area contributed by atoms with Gasteiger partial charge < -0.3 is 10.1 Å². The van der Waals surface area contributed by atoms with Crippen LogP contribution in [0.25, 0.3) is 10.9 Å². The molecule has 0 aliphatic heterocycles. The monoisotopic (exact) mass is 301 g/mol. The molecule has 0 unspecified atom stereocenters. The first-order chi connectivity index (χ1) is 10.6. The largest absolute Gasteiger partial charge is 0.490 e. The summed E-state index contributed by atoms with van der Waals surface area (Å²) in [6, 6.07) is 4.72. The number of hydrogen-bond donors (Lipinski definition) is 2. The van der Waals surface area contributed by atoms with Crippen LogP contribution in [0.5, 0.6) is 5.75 Å². The molecule has 2 aromatic rings. The molecule has 1 heterocycles. The lowest BCUT2D eigenvalue weighted by Crippen LogP contribution is -2.39. The zero-order valence-electron chi connectivity index (χ0n) is 13.9. The second kappa shape index (κ2) is 6.69.